The van der Waals surface area contributed by atoms with Crippen LogP contribution >= 0.6 is 11.8 Å². The molecule has 1 saturated heterocycles. The molecule has 0 radical (unpaired) electrons. The van der Waals surface area contributed by atoms with Crippen molar-refractivity contribution in [3.05, 3.63) is 18.6 Å². The predicted octanol–water partition coefficient (Wildman–Crippen LogP) is 2.49. The van der Waals surface area contributed by atoms with Gasteiger partial charge >= 0.3 is 0 Å². The van der Waals surface area contributed by atoms with Crippen molar-refractivity contribution in [1.29, 1.82) is 0 Å². The first kappa shape index (κ1) is 13.5. The molecule has 1 N–H and O–H groups in total. The van der Waals surface area contributed by atoms with Gasteiger partial charge in [-0.15, -0.1) is 0 Å². The highest BCUT2D eigenvalue weighted by molar-refractivity contribution is 7.99. The van der Waals surface area contributed by atoms with Crippen LogP contribution in [0, 0.1) is 0 Å². The number of thioether (sulfide) groups is 1. The summed E-state index contributed by atoms with van der Waals surface area (Å²) in [7, 11) is 0. The van der Waals surface area contributed by atoms with Gasteiger partial charge in [0.15, 0.2) is 11.5 Å². The van der Waals surface area contributed by atoms with Crippen LogP contribution < -0.4 is 10.2 Å². The van der Waals surface area contributed by atoms with Crippen molar-refractivity contribution < 1.29 is 0 Å². The summed E-state index contributed by atoms with van der Waals surface area (Å²) in [6.07, 6.45) is 8.17. The van der Waals surface area contributed by atoms with Gasteiger partial charge in [-0.1, -0.05) is 6.92 Å². The lowest BCUT2D eigenvalue weighted by atomic mass is 10.4. The summed E-state index contributed by atoms with van der Waals surface area (Å²) in [4.78, 5) is 11.6. The maximum absolute atomic E-state index is 4.80. The van der Waals surface area contributed by atoms with Gasteiger partial charge in [0.25, 0.3) is 0 Å². The number of hydrogen-bond donors (Lipinski definition) is 1. The minimum absolute atomic E-state index is 0.934. The van der Waals surface area contributed by atoms with Gasteiger partial charge in [0.2, 0.25) is 0 Å². The number of nitrogens with zero attached hydrogens (tertiary/aromatic N) is 4. The highest BCUT2D eigenvalue weighted by Crippen LogP contribution is 2.23. The number of aromatic nitrogens is 3. The van der Waals surface area contributed by atoms with E-state index in [9.17, 15) is 0 Å². The van der Waals surface area contributed by atoms with Crippen LogP contribution in [-0.4, -0.2) is 45.5 Å². The average Bonchev–Trinajstić information content (AvgIpc) is 2.77. The van der Waals surface area contributed by atoms with E-state index in [1.807, 2.05) is 30.4 Å². The average molecular weight is 291 g/mol. The molecule has 0 aliphatic carbocycles. The summed E-state index contributed by atoms with van der Waals surface area (Å²) in [6, 6.07) is 0. The molecule has 0 aromatic carbocycles. The Labute approximate surface area is 123 Å². The molecule has 1 aliphatic heterocycles. The molecule has 3 rings (SSSR count). The highest BCUT2D eigenvalue weighted by atomic mass is 32.2. The van der Waals surface area contributed by atoms with Crippen LogP contribution in [0.5, 0.6) is 0 Å². The maximum Gasteiger partial charge on any atom is 0.180 e. The monoisotopic (exact) mass is 291 g/mol. The van der Waals surface area contributed by atoms with E-state index in [0.29, 0.717) is 0 Å². The zero-order valence-electron chi connectivity index (χ0n) is 11.9. The molecule has 0 spiro atoms. The van der Waals surface area contributed by atoms with Gasteiger partial charge in [0.05, 0.1) is 6.20 Å². The molecular weight excluding hydrogens is 270 g/mol. The van der Waals surface area contributed by atoms with Gasteiger partial charge in [0.1, 0.15) is 5.82 Å². The van der Waals surface area contributed by atoms with Crippen molar-refractivity contribution in [2.45, 2.75) is 19.8 Å². The Morgan fingerprint density at radius 1 is 1.35 bits per heavy atom. The molecule has 2 aromatic rings. The molecule has 0 saturated carbocycles. The molecule has 20 heavy (non-hydrogen) atoms. The van der Waals surface area contributed by atoms with Gasteiger partial charge in [-0.2, -0.15) is 11.8 Å². The zero-order chi connectivity index (χ0) is 13.8. The summed E-state index contributed by atoms with van der Waals surface area (Å²) < 4.78 is 2.07. The third-order valence-corrected chi connectivity index (χ3v) is 4.48. The lowest BCUT2D eigenvalue weighted by Gasteiger charge is -2.22. The highest BCUT2D eigenvalue weighted by Gasteiger charge is 2.16. The minimum atomic E-state index is 0.934. The number of anilines is 2. The van der Waals surface area contributed by atoms with E-state index < -0.39 is 0 Å². The first-order valence-electron chi connectivity index (χ1n) is 7.29. The lowest BCUT2D eigenvalue weighted by molar-refractivity contribution is 0.799. The van der Waals surface area contributed by atoms with E-state index >= 15 is 0 Å². The Kier molecular flexibility index (Phi) is 4.30. The van der Waals surface area contributed by atoms with Crippen LogP contribution in [0.25, 0.3) is 5.65 Å². The minimum Gasteiger partial charge on any atom is -0.369 e. The van der Waals surface area contributed by atoms with Gasteiger partial charge in [-0.05, 0) is 18.6 Å². The molecule has 0 amide bonds. The van der Waals surface area contributed by atoms with Crippen molar-refractivity contribution in [3.8, 4) is 0 Å². The van der Waals surface area contributed by atoms with Crippen LogP contribution in [-0.2, 0) is 0 Å². The van der Waals surface area contributed by atoms with E-state index in [-0.39, 0.29) is 0 Å². The molecule has 6 heteroatoms. The van der Waals surface area contributed by atoms with Crippen LogP contribution in [0.2, 0.25) is 0 Å². The molecule has 1 fully saturated rings. The molecule has 5 nitrogen and oxygen atoms in total. The fourth-order valence-electron chi connectivity index (χ4n) is 2.42. The number of fused-ring (bicyclic) bond motifs is 1. The van der Waals surface area contributed by atoms with Crippen molar-refractivity contribution in [2.75, 3.05) is 41.4 Å². The third-order valence-electron chi connectivity index (χ3n) is 3.43. The second-order valence-corrected chi connectivity index (χ2v) is 6.21. The molecule has 3 heterocycles. The Balaban J connectivity index is 1.95. The van der Waals surface area contributed by atoms with E-state index in [1.165, 1.54) is 17.9 Å². The summed E-state index contributed by atoms with van der Waals surface area (Å²) in [5.74, 6) is 4.36. The number of rotatable bonds is 4. The van der Waals surface area contributed by atoms with E-state index in [2.05, 4.69) is 26.5 Å². The van der Waals surface area contributed by atoms with E-state index in [4.69, 9.17) is 4.98 Å². The van der Waals surface area contributed by atoms with Crippen molar-refractivity contribution in [1.82, 2.24) is 14.4 Å². The van der Waals surface area contributed by atoms with Gasteiger partial charge < -0.3 is 14.6 Å². The van der Waals surface area contributed by atoms with E-state index in [1.54, 1.807) is 0 Å². The SMILES string of the molecule is CCCNc1cn2ccnc2c(N2CCCSCC2)n1. The molecule has 1 aliphatic rings. The quantitative estimate of drug-likeness (QED) is 0.937. The number of imidazole rings is 1. The Morgan fingerprint density at radius 2 is 2.30 bits per heavy atom. The summed E-state index contributed by atoms with van der Waals surface area (Å²) >= 11 is 2.03. The smallest absolute Gasteiger partial charge is 0.180 e. The van der Waals surface area contributed by atoms with Crippen molar-refractivity contribution in [2.24, 2.45) is 0 Å². The predicted molar refractivity (Wildman–Crippen MR) is 85.9 cm³/mol. The maximum atomic E-state index is 4.80. The summed E-state index contributed by atoms with van der Waals surface area (Å²) in [5, 5.41) is 3.38. The van der Waals surface area contributed by atoms with Crippen LogP contribution in [0.4, 0.5) is 11.6 Å². The second-order valence-electron chi connectivity index (χ2n) is 4.99. The van der Waals surface area contributed by atoms with Gasteiger partial charge in [0, 0.05) is 37.8 Å². The largest absolute Gasteiger partial charge is 0.369 e. The first-order chi connectivity index (χ1) is 9.88. The van der Waals surface area contributed by atoms with Crippen molar-refractivity contribution in [3.63, 3.8) is 0 Å². The van der Waals surface area contributed by atoms with Crippen LogP contribution in [0.1, 0.15) is 19.8 Å². The molecule has 2 aromatic heterocycles. The molecule has 0 atom stereocenters. The van der Waals surface area contributed by atoms with Gasteiger partial charge in [-0.25, -0.2) is 9.97 Å². The normalized spacial score (nSPS) is 16.4. The standard InChI is InChI=1S/C14H21N5S/c1-2-4-15-12-11-19-7-5-16-13(19)14(17-12)18-6-3-9-20-10-8-18/h5,7,11,15H,2-4,6,8-10H2,1H3. The summed E-state index contributed by atoms with van der Waals surface area (Å²) in [6.45, 7) is 5.23. The lowest BCUT2D eigenvalue weighted by Crippen LogP contribution is -2.27. The van der Waals surface area contributed by atoms with Crippen molar-refractivity contribution >= 4 is 29.0 Å². The van der Waals surface area contributed by atoms with Crippen LogP contribution in [0.3, 0.4) is 0 Å². The van der Waals surface area contributed by atoms with Gasteiger partial charge in [-0.3, -0.25) is 0 Å². The Bertz CT molecular complexity index is 560. The fourth-order valence-corrected chi connectivity index (χ4v) is 3.31. The molecule has 0 unspecified atom stereocenters. The third kappa shape index (κ3) is 2.85. The first-order valence-corrected chi connectivity index (χ1v) is 8.44. The number of hydrogen-bond acceptors (Lipinski definition) is 5. The second kappa shape index (κ2) is 6.35. The van der Waals surface area contributed by atoms with Crippen LogP contribution in [0.15, 0.2) is 18.6 Å². The number of nitrogens with one attached hydrogen (secondary N) is 1. The zero-order valence-corrected chi connectivity index (χ0v) is 12.7. The fraction of sp³-hybridized carbons (Fsp3) is 0.571. The molecule has 0 bridgehead atoms. The summed E-state index contributed by atoms with van der Waals surface area (Å²) in [5.41, 5.74) is 0.957. The molecular formula is C14H21N5S. The van der Waals surface area contributed by atoms with E-state index in [0.717, 1.165) is 43.3 Å². The Hall–Kier alpha value is -1.43. The topological polar surface area (TPSA) is 45.5 Å². The Morgan fingerprint density at radius 3 is 3.20 bits per heavy atom. The molecule has 108 valence electrons.